The Balaban J connectivity index is 1.70. The van der Waals surface area contributed by atoms with Crippen molar-refractivity contribution in [2.24, 2.45) is 0 Å². The van der Waals surface area contributed by atoms with E-state index in [9.17, 15) is 4.79 Å². The summed E-state index contributed by atoms with van der Waals surface area (Å²) >= 11 is 0. The van der Waals surface area contributed by atoms with Crippen LogP contribution in [0, 0.1) is 0 Å². The third-order valence-electron chi connectivity index (χ3n) is 4.50. The van der Waals surface area contributed by atoms with Crippen molar-refractivity contribution in [3.63, 3.8) is 0 Å². The van der Waals surface area contributed by atoms with E-state index in [1.165, 1.54) is 0 Å². The molecule has 2 aromatic heterocycles. The molecule has 0 saturated carbocycles. The van der Waals surface area contributed by atoms with Crippen molar-refractivity contribution in [3.8, 4) is 22.7 Å². The minimum absolute atomic E-state index is 0.116. The van der Waals surface area contributed by atoms with Gasteiger partial charge < -0.3 is 4.74 Å². The molecule has 0 spiro atoms. The van der Waals surface area contributed by atoms with Gasteiger partial charge in [-0.3, -0.25) is 9.78 Å². The van der Waals surface area contributed by atoms with E-state index in [1.807, 2.05) is 66.7 Å². The zero-order valence-electron chi connectivity index (χ0n) is 15.9. The van der Waals surface area contributed by atoms with Gasteiger partial charge in [0.05, 0.1) is 18.4 Å². The summed E-state index contributed by atoms with van der Waals surface area (Å²) in [7, 11) is 1.62. The minimum atomic E-state index is -0.116. The molecular weight excluding hydrogens is 362 g/mol. The van der Waals surface area contributed by atoms with Crippen LogP contribution < -0.4 is 4.74 Å². The maximum Gasteiger partial charge on any atom is 0.189 e. The first-order valence-electron chi connectivity index (χ1n) is 9.16. The number of para-hydroxylation sites is 1. The first-order chi connectivity index (χ1) is 14.2. The summed E-state index contributed by atoms with van der Waals surface area (Å²) in [4.78, 5) is 17.1. The molecule has 0 aliphatic carbocycles. The second kappa shape index (κ2) is 8.35. The number of ketones is 1. The lowest BCUT2D eigenvalue weighted by Crippen LogP contribution is -1.95. The monoisotopic (exact) mass is 381 g/mol. The summed E-state index contributed by atoms with van der Waals surface area (Å²) in [6.07, 6.45) is 8.51. The molecule has 5 heteroatoms. The van der Waals surface area contributed by atoms with E-state index in [4.69, 9.17) is 4.74 Å². The highest BCUT2D eigenvalue weighted by Crippen LogP contribution is 2.24. The lowest BCUT2D eigenvalue weighted by molar-refractivity contribution is 0.104. The number of hydrogen-bond donors (Lipinski definition) is 0. The Labute approximate surface area is 168 Å². The fourth-order valence-electron chi connectivity index (χ4n) is 2.97. The van der Waals surface area contributed by atoms with Crippen molar-refractivity contribution in [3.05, 3.63) is 103 Å². The van der Waals surface area contributed by atoms with Crippen molar-refractivity contribution < 1.29 is 9.53 Å². The Hall–Kier alpha value is -3.99. The van der Waals surface area contributed by atoms with Gasteiger partial charge in [-0.15, -0.1) is 0 Å². The Kier molecular flexibility index (Phi) is 5.29. The number of rotatable bonds is 6. The first kappa shape index (κ1) is 18.4. The van der Waals surface area contributed by atoms with E-state index in [0.29, 0.717) is 11.3 Å². The van der Waals surface area contributed by atoms with Gasteiger partial charge in [-0.25, -0.2) is 4.68 Å². The molecule has 0 bridgehead atoms. The fourth-order valence-corrected chi connectivity index (χ4v) is 2.97. The number of aromatic nitrogens is 3. The minimum Gasteiger partial charge on any atom is -0.497 e. The maximum atomic E-state index is 13.0. The zero-order valence-corrected chi connectivity index (χ0v) is 15.9. The highest BCUT2D eigenvalue weighted by Gasteiger charge is 2.17. The van der Waals surface area contributed by atoms with Gasteiger partial charge in [-0.1, -0.05) is 36.4 Å². The van der Waals surface area contributed by atoms with Crippen LogP contribution in [0.5, 0.6) is 5.75 Å². The van der Waals surface area contributed by atoms with Crippen LogP contribution in [0.3, 0.4) is 0 Å². The van der Waals surface area contributed by atoms with Crippen LogP contribution in [0.4, 0.5) is 0 Å². The Bertz CT molecular complexity index is 1130. The molecule has 0 aliphatic rings. The standard InChI is InChI=1S/C24H19N3O2/c1-29-21-10-7-18(8-11-21)9-12-23(28)22-17-27(20-5-3-2-4-6-20)26-24(22)19-13-15-25-16-14-19/h2-17H,1H3. The van der Waals surface area contributed by atoms with Crippen LogP contribution in [0.2, 0.25) is 0 Å². The van der Waals surface area contributed by atoms with Gasteiger partial charge >= 0.3 is 0 Å². The van der Waals surface area contributed by atoms with Gasteiger partial charge in [0.1, 0.15) is 11.4 Å². The highest BCUT2D eigenvalue weighted by atomic mass is 16.5. The summed E-state index contributed by atoms with van der Waals surface area (Å²) in [5, 5.41) is 4.67. The maximum absolute atomic E-state index is 13.0. The Morgan fingerprint density at radius 3 is 2.38 bits per heavy atom. The number of nitrogens with zero attached hydrogens (tertiary/aromatic N) is 3. The first-order valence-corrected chi connectivity index (χ1v) is 9.16. The van der Waals surface area contributed by atoms with E-state index in [-0.39, 0.29) is 5.78 Å². The SMILES string of the molecule is COc1ccc(C=CC(=O)c2cn(-c3ccccc3)nc2-c2ccncc2)cc1. The predicted molar refractivity (Wildman–Crippen MR) is 113 cm³/mol. The second-order valence-corrected chi connectivity index (χ2v) is 6.38. The number of hydrogen-bond acceptors (Lipinski definition) is 4. The molecule has 4 aromatic rings. The molecule has 0 fully saturated rings. The molecule has 29 heavy (non-hydrogen) atoms. The third-order valence-corrected chi connectivity index (χ3v) is 4.50. The number of carbonyl (C=O) groups is 1. The fraction of sp³-hybridized carbons (Fsp3) is 0.0417. The average molecular weight is 381 g/mol. The van der Waals surface area contributed by atoms with Crippen LogP contribution in [0.1, 0.15) is 15.9 Å². The molecular formula is C24H19N3O2. The topological polar surface area (TPSA) is 57.0 Å². The van der Waals surface area contributed by atoms with Gasteiger partial charge in [0.2, 0.25) is 0 Å². The molecule has 2 aromatic carbocycles. The van der Waals surface area contributed by atoms with E-state index in [1.54, 1.807) is 42.5 Å². The van der Waals surface area contributed by atoms with E-state index in [2.05, 4.69) is 10.1 Å². The van der Waals surface area contributed by atoms with Crippen LogP contribution in [-0.2, 0) is 0 Å². The van der Waals surface area contributed by atoms with Crippen molar-refractivity contribution >= 4 is 11.9 Å². The van der Waals surface area contributed by atoms with Crippen LogP contribution >= 0.6 is 0 Å². The van der Waals surface area contributed by atoms with Gasteiger partial charge in [0.25, 0.3) is 0 Å². The average Bonchev–Trinajstić information content (AvgIpc) is 3.25. The van der Waals surface area contributed by atoms with Crippen molar-refractivity contribution in [1.29, 1.82) is 0 Å². The molecule has 0 aliphatic heterocycles. The lowest BCUT2D eigenvalue weighted by atomic mass is 10.1. The third kappa shape index (κ3) is 4.14. The molecule has 0 radical (unpaired) electrons. The number of ether oxygens (including phenoxy) is 1. The molecule has 142 valence electrons. The normalized spacial score (nSPS) is 10.9. The number of benzene rings is 2. The second-order valence-electron chi connectivity index (χ2n) is 6.38. The van der Waals surface area contributed by atoms with Crippen LogP contribution in [0.25, 0.3) is 23.0 Å². The molecule has 0 amide bonds. The molecule has 0 unspecified atom stereocenters. The summed E-state index contributed by atoms with van der Waals surface area (Å²) in [6, 6.07) is 20.9. The Morgan fingerprint density at radius 1 is 0.966 bits per heavy atom. The Morgan fingerprint density at radius 2 is 1.69 bits per heavy atom. The quantitative estimate of drug-likeness (QED) is 0.354. The number of methoxy groups -OCH3 is 1. The van der Waals surface area contributed by atoms with E-state index >= 15 is 0 Å². The number of pyridine rings is 1. The molecule has 2 heterocycles. The van der Waals surface area contributed by atoms with E-state index in [0.717, 1.165) is 22.6 Å². The zero-order chi connectivity index (χ0) is 20.1. The van der Waals surface area contributed by atoms with Gasteiger partial charge in [-0.2, -0.15) is 5.10 Å². The smallest absolute Gasteiger partial charge is 0.189 e. The van der Waals surface area contributed by atoms with Crippen molar-refractivity contribution in [1.82, 2.24) is 14.8 Å². The summed E-state index contributed by atoms with van der Waals surface area (Å²) < 4.78 is 6.89. The summed E-state index contributed by atoms with van der Waals surface area (Å²) in [5.74, 6) is 0.660. The van der Waals surface area contributed by atoms with Crippen molar-refractivity contribution in [2.45, 2.75) is 0 Å². The van der Waals surface area contributed by atoms with Crippen LogP contribution in [-0.4, -0.2) is 27.7 Å². The molecule has 0 atom stereocenters. The van der Waals surface area contributed by atoms with Gasteiger partial charge in [-0.05, 0) is 48.0 Å². The number of carbonyl (C=O) groups excluding carboxylic acids is 1. The number of allylic oxidation sites excluding steroid dienone is 1. The molecule has 5 nitrogen and oxygen atoms in total. The highest BCUT2D eigenvalue weighted by molar-refractivity contribution is 6.10. The molecule has 0 saturated heterocycles. The van der Waals surface area contributed by atoms with Gasteiger partial charge in [0.15, 0.2) is 5.78 Å². The van der Waals surface area contributed by atoms with Gasteiger partial charge in [0, 0.05) is 24.2 Å². The van der Waals surface area contributed by atoms with E-state index < -0.39 is 0 Å². The summed E-state index contributed by atoms with van der Waals surface area (Å²) in [5.41, 5.74) is 3.81. The predicted octanol–water partition coefficient (Wildman–Crippen LogP) is 4.84. The molecule has 0 N–H and O–H groups in total. The lowest BCUT2D eigenvalue weighted by Gasteiger charge is -2.00. The molecule has 4 rings (SSSR count). The summed E-state index contributed by atoms with van der Waals surface area (Å²) in [6.45, 7) is 0. The largest absolute Gasteiger partial charge is 0.497 e. The van der Waals surface area contributed by atoms with Crippen LogP contribution in [0.15, 0.2) is 91.4 Å². The van der Waals surface area contributed by atoms with Crippen molar-refractivity contribution in [2.75, 3.05) is 7.11 Å².